The second kappa shape index (κ2) is 9.66. The van der Waals surface area contributed by atoms with Gasteiger partial charge in [-0.15, -0.1) is 0 Å². The first kappa shape index (κ1) is 19.6. The maximum atomic E-state index is 11.6. The maximum Gasteiger partial charge on any atom is 0.333 e. The van der Waals surface area contributed by atoms with Gasteiger partial charge in [0, 0.05) is 18.5 Å². The molecule has 1 heterocycles. The van der Waals surface area contributed by atoms with Crippen LogP contribution in [0, 0.1) is 0 Å². The number of carboxylic acid groups (broad SMARTS) is 1. The van der Waals surface area contributed by atoms with Gasteiger partial charge in [-0.05, 0) is 6.92 Å². The summed E-state index contributed by atoms with van der Waals surface area (Å²) < 4.78 is 14.6. The van der Waals surface area contributed by atoms with Crippen molar-refractivity contribution >= 4 is 23.9 Å². The number of hydrogen-bond donors (Lipinski definition) is 2. The van der Waals surface area contributed by atoms with E-state index in [0.29, 0.717) is 0 Å². The molecule has 0 aromatic rings. The number of aliphatic carboxylic acids is 1. The zero-order valence-corrected chi connectivity index (χ0v) is 13.4. The van der Waals surface area contributed by atoms with Gasteiger partial charge in [0.15, 0.2) is 0 Å². The fourth-order valence-electron chi connectivity index (χ4n) is 1.92. The molecule has 9 heteroatoms. The molecular formula is C15H21NO8. The Morgan fingerprint density at radius 1 is 1.12 bits per heavy atom. The number of hydrogen-bond acceptors (Lipinski definition) is 8. The van der Waals surface area contributed by atoms with Gasteiger partial charge in [-0.25, -0.2) is 4.79 Å². The Morgan fingerprint density at radius 2 is 1.75 bits per heavy atom. The zero-order valence-electron chi connectivity index (χ0n) is 13.4. The van der Waals surface area contributed by atoms with Gasteiger partial charge in [-0.1, -0.05) is 6.58 Å². The van der Waals surface area contributed by atoms with E-state index in [2.05, 4.69) is 11.9 Å². The number of carboxylic acids is 1. The van der Waals surface area contributed by atoms with Crippen molar-refractivity contribution in [2.24, 2.45) is 0 Å². The smallest absolute Gasteiger partial charge is 0.333 e. The summed E-state index contributed by atoms with van der Waals surface area (Å²) in [5.41, 5.74) is 0.246. The number of rotatable bonds is 9. The summed E-state index contributed by atoms with van der Waals surface area (Å²) in [6, 6.07) is -0.727. The Balaban J connectivity index is 2.11. The molecule has 2 atom stereocenters. The minimum absolute atomic E-state index is 0.0911. The summed E-state index contributed by atoms with van der Waals surface area (Å²) in [5, 5.41) is 11.5. The van der Waals surface area contributed by atoms with E-state index >= 15 is 0 Å². The standard InChI is InChI=1S/C15H21NO8/c1-9(2)15(21)23-6-5-22-12(17)3-4-13(18)24-10-7-11(14(19)20)16-8-10/h10-11,16H,1,3-8H2,2H3,(H,19,20)/t10-,11-/m1/s1. The van der Waals surface area contributed by atoms with Crippen LogP contribution in [-0.4, -0.2) is 60.9 Å². The van der Waals surface area contributed by atoms with Crippen molar-refractivity contribution in [1.29, 1.82) is 0 Å². The first-order chi connectivity index (χ1) is 11.3. The normalized spacial score (nSPS) is 19.4. The SMILES string of the molecule is C=C(C)C(=O)OCCOC(=O)CCC(=O)O[C@H]1CN[C@@H](C(=O)O)C1. The van der Waals surface area contributed by atoms with Crippen LogP contribution in [0.3, 0.4) is 0 Å². The van der Waals surface area contributed by atoms with E-state index in [1.54, 1.807) is 0 Å². The van der Waals surface area contributed by atoms with Gasteiger partial charge >= 0.3 is 23.9 Å². The summed E-state index contributed by atoms with van der Waals surface area (Å²) in [7, 11) is 0. The molecule has 0 amide bonds. The third-order valence-corrected chi connectivity index (χ3v) is 3.15. The van der Waals surface area contributed by atoms with Crippen LogP contribution in [0.4, 0.5) is 0 Å². The van der Waals surface area contributed by atoms with Gasteiger partial charge in [0.1, 0.15) is 25.4 Å². The van der Waals surface area contributed by atoms with E-state index in [1.807, 2.05) is 0 Å². The summed E-state index contributed by atoms with van der Waals surface area (Å²) in [6.07, 6.45) is -0.662. The molecule has 0 bridgehead atoms. The van der Waals surface area contributed by atoms with Gasteiger partial charge < -0.3 is 24.6 Å². The number of carbonyl (C=O) groups excluding carboxylic acids is 3. The third kappa shape index (κ3) is 7.23. The highest BCUT2D eigenvalue weighted by Gasteiger charge is 2.31. The molecule has 1 aliphatic rings. The molecule has 1 saturated heterocycles. The largest absolute Gasteiger partial charge is 0.480 e. The topological polar surface area (TPSA) is 128 Å². The van der Waals surface area contributed by atoms with Crippen molar-refractivity contribution in [2.45, 2.75) is 38.3 Å². The predicted molar refractivity (Wildman–Crippen MR) is 79.9 cm³/mol. The lowest BCUT2D eigenvalue weighted by Gasteiger charge is -2.10. The molecule has 24 heavy (non-hydrogen) atoms. The van der Waals surface area contributed by atoms with E-state index in [4.69, 9.17) is 19.3 Å². The van der Waals surface area contributed by atoms with Crippen LogP contribution >= 0.6 is 0 Å². The van der Waals surface area contributed by atoms with Crippen LogP contribution in [0.2, 0.25) is 0 Å². The van der Waals surface area contributed by atoms with E-state index in [1.165, 1.54) is 6.92 Å². The average molecular weight is 343 g/mol. The summed E-state index contributed by atoms with van der Waals surface area (Å²) >= 11 is 0. The molecule has 1 rings (SSSR count). The third-order valence-electron chi connectivity index (χ3n) is 3.15. The molecular weight excluding hydrogens is 322 g/mol. The molecule has 134 valence electrons. The second-order valence-electron chi connectivity index (χ2n) is 5.28. The fraction of sp³-hybridized carbons (Fsp3) is 0.600. The minimum Gasteiger partial charge on any atom is -0.480 e. The molecule has 0 aliphatic carbocycles. The molecule has 1 fully saturated rings. The van der Waals surface area contributed by atoms with Crippen molar-refractivity contribution in [3.8, 4) is 0 Å². The Bertz CT molecular complexity index is 516. The number of ether oxygens (including phenoxy) is 3. The molecule has 0 saturated carbocycles. The Hall–Kier alpha value is -2.42. The quantitative estimate of drug-likeness (QED) is 0.253. The summed E-state index contributed by atoms with van der Waals surface area (Å²) in [6.45, 7) is 4.96. The predicted octanol–water partition coefficient (Wildman–Crippen LogP) is -0.213. The Kier molecular flexibility index (Phi) is 7.90. The fourth-order valence-corrected chi connectivity index (χ4v) is 1.92. The first-order valence-corrected chi connectivity index (χ1v) is 7.43. The summed E-state index contributed by atoms with van der Waals surface area (Å²) in [5.74, 6) is -2.78. The lowest BCUT2D eigenvalue weighted by atomic mass is 10.2. The maximum absolute atomic E-state index is 11.6. The van der Waals surface area contributed by atoms with E-state index in [-0.39, 0.29) is 44.6 Å². The average Bonchev–Trinajstić information content (AvgIpc) is 2.97. The Labute approximate surface area is 138 Å². The second-order valence-corrected chi connectivity index (χ2v) is 5.28. The van der Waals surface area contributed by atoms with Crippen LogP contribution in [0.1, 0.15) is 26.2 Å². The van der Waals surface area contributed by atoms with E-state index < -0.39 is 36.0 Å². The van der Waals surface area contributed by atoms with Gasteiger partial charge in [0.2, 0.25) is 0 Å². The van der Waals surface area contributed by atoms with Crippen LogP contribution in [0.5, 0.6) is 0 Å². The van der Waals surface area contributed by atoms with Crippen molar-refractivity contribution in [3.63, 3.8) is 0 Å². The lowest BCUT2D eigenvalue weighted by Crippen LogP contribution is -2.30. The first-order valence-electron chi connectivity index (χ1n) is 7.43. The molecule has 0 spiro atoms. The van der Waals surface area contributed by atoms with Gasteiger partial charge in [0.05, 0.1) is 12.8 Å². The van der Waals surface area contributed by atoms with Gasteiger partial charge in [-0.2, -0.15) is 0 Å². The number of nitrogens with one attached hydrogen (secondary N) is 1. The number of carbonyl (C=O) groups is 4. The highest BCUT2D eigenvalue weighted by molar-refractivity contribution is 5.86. The van der Waals surface area contributed by atoms with E-state index in [9.17, 15) is 19.2 Å². The molecule has 0 radical (unpaired) electrons. The molecule has 2 N–H and O–H groups in total. The van der Waals surface area contributed by atoms with Crippen molar-refractivity contribution in [1.82, 2.24) is 5.32 Å². The van der Waals surface area contributed by atoms with Crippen molar-refractivity contribution < 1.29 is 38.5 Å². The number of esters is 3. The summed E-state index contributed by atoms with van der Waals surface area (Å²) in [4.78, 5) is 44.8. The highest BCUT2D eigenvalue weighted by Crippen LogP contribution is 2.12. The molecule has 0 unspecified atom stereocenters. The monoisotopic (exact) mass is 343 g/mol. The van der Waals surface area contributed by atoms with Gasteiger partial charge in [0.25, 0.3) is 0 Å². The Morgan fingerprint density at radius 3 is 2.33 bits per heavy atom. The molecule has 9 nitrogen and oxygen atoms in total. The van der Waals surface area contributed by atoms with Crippen LogP contribution in [0.25, 0.3) is 0 Å². The lowest BCUT2D eigenvalue weighted by molar-refractivity contribution is -0.154. The minimum atomic E-state index is -0.996. The van der Waals surface area contributed by atoms with Crippen LogP contribution in [0.15, 0.2) is 12.2 Å². The van der Waals surface area contributed by atoms with E-state index in [0.717, 1.165) is 0 Å². The zero-order chi connectivity index (χ0) is 18.1. The van der Waals surface area contributed by atoms with Crippen LogP contribution < -0.4 is 5.32 Å². The highest BCUT2D eigenvalue weighted by atomic mass is 16.6. The molecule has 0 aromatic heterocycles. The van der Waals surface area contributed by atoms with Crippen molar-refractivity contribution in [2.75, 3.05) is 19.8 Å². The van der Waals surface area contributed by atoms with Crippen molar-refractivity contribution in [3.05, 3.63) is 12.2 Å². The molecule has 1 aliphatic heterocycles. The molecule has 0 aromatic carbocycles. The van der Waals surface area contributed by atoms with Crippen LogP contribution in [-0.2, 0) is 33.4 Å². The van der Waals surface area contributed by atoms with Gasteiger partial charge in [-0.3, -0.25) is 14.4 Å².